The van der Waals surface area contributed by atoms with Gasteiger partial charge >= 0.3 is 5.97 Å². The summed E-state index contributed by atoms with van der Waals surface area (Å²) in [5.41, 5.74) is 0. The number of carbonyl (C=O) groups excluding carboxylic acids is 2. The summed E-state index contributed by atoms with van der Waals surface area (Å²) in [4.78, 5) is 25.5. The minimum atomic E-state index is -0.380. The van der Waals surface area contributed by atoms with Crippen LogP contribution >= 0.6 is 0 Å². The van der Waals surface area contributed by atoms with E-state index in [1.54, 1.807) is 17.9 Å². The Morgan fingerprint density at radius 1 is 1.59 bits per heavy atom. The van der Waals surface area contributed by atoms with Crippen molar-refractivity contribution < 1.29 is 14.3 Å². The predicted octanol–water partition coefficient (Wildman–Crippen LogP) is 1.75. The first-order valence-corrected chi connectivity index (χ1v) is 6.19. The van der Waals surface area contributed by atoms with E-state index in [9.17, 15) is 9.59 Å². The van der Waals surface area contributed by atoms with Crippen molar-refractivity contribution in [3.05, 3.63) is 12.7 Å². The van der Waals surface area contributed by atoms with Gasteiger partial charge in [0.25, 0.3) is 0 Å². The van der Waals surface area contributed by atoms with Gasteiger partial charge in [0.2, 0.25) is 5.91 Å². The molecule has 4 nitrogen and oxygen atoms in total. The molecule has 2 atom stereocenters. The smallest absolute Gasteiger partial charge is 0.328 e. The van der Waals surface area contributed by atoms with Gasteiger partial charge in [-0.1, -0.05) is 13.0 Å². The van der Waals surface area contributed by atoms with Gasteiger partial charge in [0, 0.05) is 12.5 Å². The highest BCUT2D eigenvalue weighted by molar-refractivity contribution is 5.86. The molecular weight excluding hydrogens is 218 g/mol. The predicted molar refractivity (Wildman–Crippen MR) is 65.3 cm³/mol. The quantitative estimate of drug-likeness (QED) is 0.542. The number of carbonyl (C=O) groups is 2. The molecule has 0 aliphatic carbocycles. The zero-order chi connectivity index (χ0) is 12.8. The average molecular weight is 239 g/mol. The van der Waals surface area contributed by atoms with Gasteiger partial charge < -0.3 is 9.64 Å². The van der Waals surface area contributed by atoms with E-state index in [2.05, 4.69) is 6.58 Å². The van der Waals surface area contributed by atoms with Crippen molar-refractivity contribution in [1.82, 2.24) is 4.90 Å². The molecule has 1 fully saturated rings. The lowest BCUT2D eigenvalue weighted by Gasteiger charge is -2.25. The van der Waals surface area contributed by atoms with Gasteiger partial charge in [-0.05, 0) is 26.2 Å². The maximum atomic E-state index is 12.1. The molecule has 0 spiro atoms. The van der Waals surface area contributed by atoms with Crippen LogP contribution in [0.4, 0.5) is 0 Å². The first kappa shape index (κ1) is 13.7. The van der Waals surface area contributed by atoms with Crippen molar-refractivity contribution in [2.75, 3.05) is 13.2 Å². The van der Waals surface area contributed by atoms with Crippen LogP contribution in [0.3, 0.4) is 0 Å². The van der Waals surface area contributed by atoms with Crippen molar-refractivity contribution in [3.8, 4) is 0 Å². The maximum Gasteiger partial charge on any atom is 0.328 e. The molecule has 0 radical (unpaired) electrons. The number of hydrogen-bond donors (Lipinski definition) is 0. The Kier molecular flexibility index (Phi) is 5.19. The number of allylic oxidation sites excluding steroid dienone is 1. The normalized spacial score (nSPS) is 21.1. The van der Waals surface area contributed by atoms with E-state index in [0.717, 1.165) is 6.42 Å². The zero-order valence-electron chi connectivity index (χ0n) is 10.6. The molecule has 1 rings (SSSR count). The van der Waals surface area contributed by atoms with E-state index in [0.29, 0.717) is 26.0 Å². The third kappa shape index (κ3) is 3.32. The molecule has 1 aliphatic heterocycles. The van der Waals surface area contributed by atoms with Gasteiger partial charge in [0.15, 0.2) is 0 Å². The molecule has 0 unspecified atom stereocenters. The first-order chi connectivity index (χ1) is 8.11. The molecule has 0 bridgehead atoms. The summed E-state index contributed by atoms with van der Waals surface area (Å²) in [6.45, 7) is 8.29. The Morgan fingerprint density at radius 2 is 2.29 bits per heavy atom. The summed E-state index contributed by atoms with van der Waals surface area (Å²) in [5.74, 6) is -0.355. The van der Waals surface area contributed by atoms with Crippen LogP contribution in [0.25, 0.3) is 0 Å². The van der Waals surface area contributed by atoms with Crippen molar-refractivity contribution >= 4 is 11.9 Å². The Bertz CT molecular complexity index is 301. The summed E-state index contributed by atoms with van der Waals surface area (Å²) >= 11 is 0. The van der Waals surface area contributed by atoms with E-state index in [4.69, 9.17) is 4.74 Å². The fraction of sp³-hybridized carbons (Fsp3) is 0.692. The topological polar surface area (TPSA) is 46.6 Å². The second kappa shape index (κ2) is 6.42. The Hall–Kier alpha value is -1.32. The summed E-state index contributed by atoms with van der Waals surface area (Å²) < 4.78 is 4.99. The summed E-state index contributed by atoms with van der Waals surface area (Å²) in [5, 5.41) is 0. The Balaban J connectivity index is 2.65. The first-order valence-electron chi connectivity index (χ1n) is 6.19. The van der Waals surface area contributed by atoms with Crippen molar-refractivity contribution in [3.63, 3.8) is 0 Å². The third-order valence-electron chi connectivity index (χ3n) is 3.04. The number of nitrogens with zero attached hydrogens (tertiary/aromatic N) is 1. The van der Waals surface area contributed by atoms with Crippen LogP contribution in [0.1, 0.15) is 33.1 Å². The largest absolute Gasteiger partial charge is 0.464 e. The fourth-order valence-electron chi connectivity index (χ4n) is 2.15. The highest BCUT2D eigenvalue weighted by Crippen LogP contribution is 2.22. The molecule has 1 saturated heterocycles. The fourth-order valence-corrected chi connectivity index (χ4v) is 2.15. The number of ether oxygens (including phenoxy) is 1. The van der Waals surface area contributed by atoms with Crippen LogP contribution in [0.5, 0.6) is 0 Å². The molecule has 1 aliphatic rings. The average Bonchev–Trinajstić information content (AvgIpc) is 2.77. The van der Waals surface area contributed by atoms with Crippen LogP contribution in [0.2, 0.25) is 0 Å². The molecule has 0 N–H and O–H groups in total. The van der Waals surface area contributed by atoms with Crippen LogP contribution in [0, 0.1) is 5.92 Å². The molecule has 4 heteroatoms. The number of amides is 1. The SMILES string of the molecule is C=CC[C@H](C)C(=O)N1CCC[C@H]1C(=O)OCC. The summed E-state index contributed by atoms with van der Waals surface area (Å²) in [6.07, 6.45) is 3.96. The van der Waals surface area contributed by atoms with E-state index in [1.807, 2.05) is 6.92 Å². The van der Waals surface area contributed by atoms with Crippen LogP contribution in [-0.2, 0) is 14.3 Å². The van der Waals surface area contributed by atoms with Crippen molar-refractivity contribution in [1.29, 1.82) is 0 Å². The van der Waals surface area contributed by atoms with Crippen LogP contribution in [0.15, 0.2) is 12.7 Å². The third-order valence-corrected chi connectivity index (χ3v) is 3.04. The van der Waals surface area contributed by atoms with E-state index < -0.39 is 0 Å². The van der Waals surface area contributed by atoms with Gasteiger partial charge in [-0.3, -0.25) is 4.79 Å². The zero-order valence-corrected chi connectivity index (χ0v) is 10.6. The van der Waals surface area contributed by atoms with E-state index in [-0.39, 0.29) is 23.8 Å². The van der Waals surface area contributed by atoms with Gasteiger partial charge in [0.1, 0.15) is 6.04 Å². The van der Waals surface area contributed by atoms with Crippen LogP contribution < -0.4 is 0 Å². The molecule has 0 saturated carbocycles. The van der Waals surface area contributed by atoms with E-state index >= 15 is 0 Å². The standard InChI is InChI=1S/C13H21NO3/c1-4-7-10(3)12(15)14-9-6-8-11(14)13(16)17-5-2/h4,10-11H,1,5-9H2,2-3H3/t10-,11-/m0/s1. The summed E-state index contributed by atoms with van der Waals surface area (Å²) in [6, 6.07) is -0.380. The van der Waals surface area contributed by atoms with Gasteiger partial charge in [-0.15, -0.1) is 6.58 Å². The Labute approximate surface area is 103 Å². The van der Waals surface area contributed by atoms with Crippen LogP contribution in [-0.4, -0.2) is 36.0 Å². The lowest BCUT2D eigenvalue weighted by atomic mass is 10.1. The van der Waals surface area contributed by atoms with Crippen molar-refractivity contribution in [2.45, 2.75) is 39.2 Å². The number of likely N-dealkylation sites (tertiary alicyclic amines) is 1. The monoisotopic (exact) mass is 239 g/mol. The second-order valence-electron chi connectivity index (χ2n) is 4.37. The molecule has 0 aromatic carbocycles. The number of hydrogen-bond acceptors (Lipinski definition) is 3. The van der Waals surface area contributed by atoms with E-state index in [1.165, 1.54) is 0 Å². The lowest BCUT2D eigenvalue weighted by molar-refractivity contribution is -0.154. The second-order valence-corrected chi connectivity index (χ2v) is 4.37. The minimum Gasteiger partial charge on any atom is -0.464 e. The molecular formula is C13H21NO3. The molecule has 1 heterocycles. The summed E-state index contributed by atoms with van der Waals surface area (Å²) in [7, 11) is 0. The van der Waals surface area contributed by atoms with Gasteiger partial charge in [-0.2, -0.15) is 0 Å². The maximum absolute atomic E-state index is 12.1. The Morgan fingerprint density at radius 3 is 2.88 bits per heavy atom. The number of rotatable bonds is 5. The minimum absolute atomic E-state index is 0.0282. The molecule has 0 aromatic heterocycles. The highest BCUT2D eigenvalue weighted by atomic mass is 16.5. The highest BCUT2D eigenvalue weighted by Gasteiger charge is 2.36. The van der Waals surface area contributed by atoms with Gasteiger partial charge in [-0.25, -0.2) is 4.79 Å². The molecule has 17 heavy (non-hydrogen) atoms. The molecule has 96 valence electrons. The van der Waals surface area contributed by atoms with Crippen molar-refractivity contribution in [2.24, 2.45) is 5.92 Å². The number of esters is 1. The molecule has 0 aromatic rings. The van der Waals surface area contributed by atoms with Gasteiger partial charge in [0.05, 0.1) is 6.61 Å². The molecule has 1 amide bonds. The lowest BCUT2D eigenvalue weighted by Crippen LogP contribution is -2.43.